The van der Waals surface area contributed by atoms with Gasteiger partial charge in [-0.2, -0.15) is 0 Å². The zero-order valence-electron chi connectivity index (χ0n) is 13.4. The summed E-state index contributed by atoms with van der Waals surface area (Å²) in [4.78, 5) is 0. The molecule has 0 saturated carbocycles. The van der Waals surface area contributed by atoms with E-state index in [1.54, 1.807) is 0 Å². The van der Waals surface area contributed by atoms with Crippen molar-refractivity contribution in [2.75, 3.05) is 7.05 Å². The molecule has 0 bridgehead atoms. The summed E-state index contributed by atoms with van der Waals surface area (Å²) in [6, 6.07) is 8.23. The van der Waals surface area contributed by atoms with Crippen molar-refractivity contribution in [2.24, 2.45) is 5.73 Å². The van der Waals surface area contributed by atoms with Crippen LogP contribution < -0.4 is 10.5 Å². The van der Waals surface area contributed by atoms with Crippen LogP contribution in [-0.4, -0.2) is 13.2 Å². The van der Waals surface area contributed by atoms with Crippen molar-refractivity contribution in [3.05, 3.63) is 65.8 Å². The fourth-order valence-corrected chi connectivity index (χ4v) is 2.23. The highest BCUT2D eigenvalue weighted by atomic mass is 16.5. The number of benzene rings is 1. The van der Waals surface area contributed by atoms with Gasteiger partial charge in [0.05, 0.1) is 0 Å². The molecule has 1 aromatic rings. The first-order chi connectivity index (χ1) is 10.3. The number of hydrogen-bond acceptors (Lipinski definition) is 2. The number of ether oxygens (including phenoxy) is 1. The molecule has 0 unspecified atom stereocenters. The van der Waals surface area contributed by atoms with E-state index in [0.29, 0.717) is 0 Å². The van der Waals surface area contributed by atoms with E-state index < -0.39 is 0 Å². The summed E-state index contributed by atoms with van der Waals surface area (Å²) in [5.41, 5.74) is 6.98. The van der Waals surface area contributed by atoms with E-state index in [2.05, 4.69) is 62.1 Å². The van der Waals surface area contributed by atoms with Crippen molar-refractivity contribution in [2.45, 2.75) is 39.2 Å². The van der Waals surface area contributed by atoms with E-state index in [1.165, 1.54) is 18.2 Å². The average Bonchev–Trinajstić information content (AvgIpc) is 2.80. The number of rotatable bonds is 5. The van der Waals surface area contributed by atoms with Crippen molar-refractivity contribution in [3.8, 4) is 5.75 Å². The Kier molecular flexibility index (Phi) is 8.22. The number of aryl methyl sites for hydroxylation is 1. The zero-order valence-corrected chi connectivity index (χ0v) is 13.4. The van der Waals surface area contributed by atoms with Crippen LogP contribution in [0.3, 0.4) is 0 Å². The van der Waals surface area contributed by atoms with Gasteiger partial charge in [0, 0.05) is 0 Å². The van der Waals surface area contributed by atoms with E-state index in [-0.39, 0.29) is 6.10 Å². The summed E-state index contributed by atoms with van der Waals surface area (Å²) in [5.74, 6) is 0.993. The number of para-hydroxylation sites is 1. The predicted molar refractivity (Wildman–Crippen MR) is 91.6 cm³/mol. The van der Waals surface area contributed by atoms with Crippen LogP contribution in [0, 0.1) is 6.92 Å². The van der Waals surface area contributed by atoms with Crippen LogP contribution in [0.25, 0.3) is 0 Å². The van der Waals surface area contributed by atoms with Gasteiger partial charge in [-0.05, 0) is 44.0 Å². The lowest BCUT2D eigenvalue weighted by molar-refractivity contribution is 0.227. The maximum atomic E-state index is 6.23. The molecular weight excluding hydrogens is 258 g/mol. The highest BCUT2D eigenvalue weighted by Gasteiger charge is 2.14. The Labute approximate surface area is 129 Å². The molecule has 1 aliphatic rings. The van der Waals surface area contributed by atoms with Crippen LogP contribution >= 0.6 is 0 Å². The minimum Gasteiger partial charge on any atom is -0.485 e. The summed E-state index contributed by atoms with van der Waals surface area (Å²) in [6.07, 6.45) is 14.1. The minimum absolute atomic E-state index is 0.155. The predicted octanol–water partition coefficient (Wildman–Crippen LogP) is 4.56. The average molecular weight is 285 g/mol. The van der Waals surface area contributed by atoms with E-state index in [4.69, 9.17) is 4.74 Å². The quantitative estimate of drug-likeness (QED) is 0.860. The molecule has 0 radical (unpaired) electrons. The first-order valence-electron chi connectivity index (χ1n) is 7.64. The molecule has 1 atom stereocenters. The monoisotopic (exact) mass is 285 g/mol. The molecule has 0 aromatic heterocycles. The number of hydrogen-bond donors (Lipinski definition) is 1. The van der Waals surface area contributed by atoms with Gasteiger partial charge in [-0.1, -0.05) is 61.9 Å². The summed E-state index contributed by atoms with van der Waals surface area (Å²) < 4.78 is 6.23. The molecule has 2 heteroatoms. The van der Waals surface area contributed by atoms with Crippen LogP contribution in [-0.2, 0) is 0 Å². The van der Waals surface area contributed by atoms with Gasteiger partial charge in [-0.15, -0.1) is 0 Å². The number of nitrogens with two attached hydrogens (primary N) is 1. The topological polar surface area (TPSA) is 35.2 Å². The minimum atomic E-state index is 0.155. The lowest BCUT2D eigenvalue weighted by Gasteiger charge is -2.21. The lowest BCUT2D eigenvalue weighted by Crippen LogP contribution is -2.18. The van der Waals surface area contributed by atoms with Gasteiger partial charge in [0.25, 0.3) is 0 Å². The Bertz CT molecular complexity index is 500. The van der Waals surface area contributed by atoms with Crippen LogP contribution in [0.4, 0.5) is 0 Å². The van der Waals surface area contributed by atoms with E-state index in [1.807, 2.05) is 12.1 Å². The molecule has 0 amide bonds. The highest BCUT2D eigenvalue weighted by Crippen LogP contribution is 2.24. The maximum Gasteiger partial charge on any atom is 0.123 e. The van der Waals surface area contributed by atoms with Crippen molar-refractivity contribution in [1.29, 1.82) is 0 Å². The third kappa shape index (κ3) is 5.60. The molecule has 114 valence electrons. The molecular formula is C19H27NO. The fraction of sp³-hybridized carbons (Fsp3) is 0.368. The Morgan fingerprint density at radius 2 is 1.95 bits per heavy atom. The molecule has 2 N–H and O–H groups in total. The number of allylic oxidation sites excluding steroid dienone is 4. The van der Waals surface area contributed by atoms with Crippen molar-refractivity contribution >= 4 is 0 Å². The zero-order chi connectivity index (χ0) is 15.5. The lowest BCUT2D eigenvalue weighted by atomic mass is 10.0. The Morgan fingerprint density at radius 3 is 2.67 bits per heavy atom. The summed E-state index contributed by atoms with van der Waals surface area (Å²) in [6.45, 7) is 4.30. The van der Waals surface area contributed by atoms with Crippen LogP contribution in [0.15, 0.2) is 60.2 Å². The van der Waals surface area contributed by atoms with Crippen molar-refractivity contribution < 1.29 is 4.74 Å². The molecule has 1 aliphatic carbocycles. The molecule has 0 fully saturated rings. The summed E-state index contributed by atoms with van der Waals surface area (Å²) in [7, 11) is 1.50. The molecule has 2 rings (SSSR count). The van der Waals surface area contributed by atoms with Gasteiger partial charge in [-0.3, -0.25) is 0 Å². The molecule has 0 saturated heterocycles. The second kappa shape index (κ2) is 10.0. The van der Waals surface area contributed by atoms with Gasteiger partial charge < -0.3 is 10.5 Å². The Balaban J connectivity index is 0.00000106. The van der Waals surface area contributed by atoms with E-state index >= 15 is 0 Å². The van der Waals surface area contributed by atoms with Crippen molar-refractivity contribution in [3.63, 3.8) is 0 Å². The Morgan fingerprint density at radius 1 is 1.19 bits per heavy atom. The van der Waals surface area contributed by atoms with Gasteiger partial charge in [0.15, 0.2) is 0 Å². The summed E-state index contributed by atoms with van der Waals surface area (Å²) in [5, 5.41) is 0. The fourth-order valence-electron chi connectivity index (χ4n) is 2.23. The molecule has 1 aromatic carbocycles. The molecule has 2 nitrogen and oxygen atoms in total. The Hall–Kier alpha value is -1.80. The van der Waals surface area contributed by atoms with E-state index in [0.717, 1.165) is 25.0 Å². The standard InChI is InChI=1S/C18H22O.CH5N/c1-3-10-18(16-12-6-4-5-7-13-16)19-17-14-9-8-11-15(17)2;1-2/h4-6,8-9,11-14,18H,3,7,10H2,1-2H3;2H2,1H3/t18-;/m1./s1. The van der Waals surface area contributed by atoms with Gasteiger partial charge in [0.2, 0.25) is 0 Å². The molecule has 0 heterocycles. The van der Waals surface area contributed by atoms with Crippen LogP contribution in [0.5, 0.6) is 5.75 Å². The first-order valence-corrected chi connectivity index (χ1v) is 7.64. The third-order valence-electron chi connectivity index (χ3n) is 3.31. The second-order valence-corrected chi connectivity index (χ2v) is 4.89. The van der Waals surface area contributed by atoms with Gasteiger partial charge in [-0.25, -0.2) is 0 Å². The molecule has 0 spiro atoms. The molecule has 21 heavy (non-hydrogen) atoms. The highest BCUT2D eigenvalue weighted by molar-refractivity contribution is 5.35. The van der Waals surface area contributed by atoms with E-state index in [9.17, 15) is 0 Å². The maximum absolute atomic E-state index is 6.23. The summed E-state index contributed by atoms with van der Waals surface area (Å²) >= 11 is 0. The van der Waals surface area contributed by atoms with Crippen molar-refractivity contribution in [1.82, 2.24) is 0 Å². The SMILES string of the molecule is CCC[C@@H](Oc1ccccc1C)C1=CCC=CC=C1.CN. The smallest absolute Gasteiger partial charge is 0.123 e. The van der Waals surface area contributed by atoms with Gasteiger partial charge in [0.1, 0.15) is 11.9 Å². The molecule has 0 aliphatic heterocycles. The third-order valence-corrected chi connectivity index (χ3v) is 3.31. The normalized spacial score (nSPS) is 14.6. The second-order valence-electron chi connectivity index (χ2n) is 4.89. The first kappa shape index (κ1) is 17.3. The largest absolute Gasteiger partial charge is 0.485 e. The van der Waals surface area contributed by atoms with Gasteiger partial charge >= 0.3 is 0 Å². The van der Waals surface area contributed by atoms with Crippen LogP contribution in [0.1, 0.15) is 31.7 Å². The van der Waals surface area contributed by atoms with Crippen LogP contribution in [0.2, 0.25) is 0 Å².